The molecule has 0 unspecified atom stereocenters. The van der Waals surface area contributed by atoms with Gasteiger partial charge in [0.25, 0.3) is 5.91 Å². The maximum absolute atomic E-state index is 14.4. The zero-order valence-electron chi connectivity index (χ0n) is 19.8. The standard InChI is InChI=1S/C26H24F6N2O3/c1-17-21(19-7-9-20(10-8-19)37-16-25(27,28)29)22(24(35)33-11-13-36-14-12-33)34(23(17)26(30,31)32)15-18-5-3-2-4-6-18/h2-10H,11-16H2,1H3. The number of hydrogen-bond donors (Lipinski definition) is 0. The molecule has 1 aromatic heterocycles. The van der Waals surface area contributed by atoms with Gasteiger partial charge >= 0.3 is 12.4 Å². The Labute approximate surface area is 209 Å². The van der Waals surface area contributed by atoms with E-state index in [1.54, 1.807) is 30.3 Å². The van der Waals surface area contributed by atoms with E-state index in [9.17, 15) is 31.1 Å². The Bertz CT molecular complexity index is 1230. The molecule has 5 nitrogen and oxygen atoms in total. The van der Waals surface area contributed by atoms with Crippen LogP contribution in [0.4, 0.5) is 26.3 Å². The van der Waals surface area contributed by atoms with E-state index in [4.69, 9.17) is 9.47 Å². The molecule has 3 aromatic rings. The van der Waals surface area contributed by atoms with Crippen molar-refractivity contribution >= 4 is 5.91 Å². The molecule has 0 aliphatic carbocycles. The third kappa shape index (κ3) is 6.10. The van der Waals surface area contributed by atoms with Gasteiger partial charge in [-0.25, -0.2) is 0 Å². The topological polar surface area (TPSA) is 43.7 Å². The van der Waals surface area contributed by atoms with Crippen LogP contribution in [0.25, 0.3) is 11.1 Å². The largest absolute Gasteiger partial charge is 0.484 e. The number of rotatable bonds is 6. The average Bonchev–Trinajstić information content (AvgIpc) is 3.15. The Hall–Kier alpha value is -3.47. The highest BCUT2D eigenvalue weighted by Crippen LogP contribution is 2.42. The highest BCUT2D eigenvalue weighted by Gasteiger charge is 2.42. The van der Waals surface area contributed by atoms with Crippen LogP contribution < -0.4 is 4.74 Å². The lowest BCUT2D eigenvalue weighted by Gasteiger charge is -2.28. The monoisotopic (exact) mass is 526 g/mol. The van der Waals surface area contributed by atoms with E-state index in [-0.39, 0.29) is 61.0 Å². The third-order valence-electron chi connectivity index (χ3n) is 6.01. The van der Waals surface area contributed by atoms with E-state index in [0.717, 1.165) is 4.57 Å². The molecule has 0 N–H and O–H groups in total. The lowest BCUT2D eigenvalue weighted by molar-refractivity contribution is -0.153. The molecule has 0 spiro atoms. The van der Waals surface area contributed by atoms with Gasteiger partial charge in [-0.2, -0.15) is 26.3 Å². The Morgan fingerprint density at radius 1 is 0.946 bits per heavy atom. The number of nitrogens with zero attached hydrogens (tertiary/aromatic N) is 2. The van der Waals surface area contributed by atoms with Crippen LogP contribution in [0.1, 0.15) is 27.3 Å². The zero-order valence-corrected chi connectivity index (χ0v) is 19.8. The Kier molecular flexibility index (Phi) is 7.54. The molecule has 0 atom stereocenters. The number of carbonyl (C=O) groups is 1. The van der Waals surface area contributed by atoms with Gasteiger partial charge in [0.2, 0.25) is 0 Å². The smallest absolute Gasteiger partial charge is 0.431 e. The van der Waals surface area contributed by atoms with Crippen LogP contribution in [0.2, 0.25) is 0 Å². The molecule has 0 saturated carbocycles. The van der Waals surface area contributed by atoms with Crippen LogP contribution in [-0.2, 0) is 17.5 Å². The molecule has 4 rings (SSSR count). The van der Waals surface area contributed by atoms with Crippen molar-refractivity contribution in [1.29, 1.82) is 0 Å². The van der Waals surface area contributed by atoms with Gasteiger partial charge in [0.05, 0.1) is 13.2 Å². The molecule has 1 aliphatic heterocycles. The van der Waals surface area contributed by atoms with Gasteiger partial charge in [-0.1, -0.05) is 42.5 Å². The van der Waals surface area contributed by atoms with E-state index in [1.807, 2.05) is 0 Å². The molecule has 0 radical (unpaired) electrons. The van der Waals surface area contributed by atoms with Crippen molar-refractivity contribution in [2.75, 3.05) is 32.9 Å². The van der Waals surface area contributed by atoms with Crippen molar-refractivity contribution in [2.45, 2.75) is 25.8 Å². The summed E-state index contributed by atoms with van der Waals surface area (Å²) in [5, 5.41) is 0. The second kappa shape index (κ2) is 10.5. The number of halogens is 6. The summed E-state index contributed by atoms with van der Waals surface area (Å²) in [5.74, 6) is -0.676. The van der Waals surface area contributed by atoms with E-state index in [0.29, 0.717) is 5.56 Å². The number of alkyl halides is 6. The first kappa shape index (κ1) is 26.6. The Balaban J connectivity index is 1.86. The fourth-order valence-corrected chi connectivity index (χ4v) is 4.41. The number of benzene rings is 2. The number of morpholine rings is 1. The normalized spacial score (nSPS) is 14.6. The van der Waals surface area contributed by atoms with E-state index in [2.05, 4.69) is 0 Å². The lowest BCUT2D eigenvalue weighted by atomic mass is 10.00. The third-order valence-corrected chi connectivity index (χ3v) is 6.01. The predicted molar refractivity (Wildman–Crippen MR) is 123 cm³/mol. The minimum Gasteiger partial charge on any atom is -0.484 e. The lowest BCUT2D eigenvalue weighted by Crippen LogP contribution is -2.41. The van der Waals surface area contributed by atoms with Gasteiger partial charge < -0.3 is 18.9 Å². The van der Waals surface area contributed by atoms with Crippen molar-refractivity contribution in [2.24, 2.45) is 0 Å². The molecule has 2 aromatic carbocycles. The van der Waals surface area contributed by atoms with E-state index in [1.165, 1.54) is 36.1 Å². The predicted octanol–water partition coefficient (Wildman–Crippen LogP) is 5.94. The molecule has 1 aliphatic rings. The van der Waals surface area contributed by atoms with Gasteiger partial charge in [0.15, 0.2) is 6.61 Å². The molecule has 1 fully saturated rings. The summed E-state index contributed by atoms with van der Waals surface area (Å²) in [6, 6.07) is 13.7. The number of amides is 1. The van der Waals surface area contributed by atoms with Crippen LogP contribution >= 0.6 is 0 Å². The SMILES string of the molecule is Cc1c(-c2ccc(OCC(F)(F)F)cc2)c(C(=O)N2CCOCC2)n(Cc2ccccc2)c1C(F)(F)F. The first-order valence-corrected chi connectivity index (χ1v) is 11.5. The minimum atomic E-state index is -4.77. The molecular formula is C26H24F6N2O3. The van der Waals surface area contributed by atoms with Crippen LogP contribution in [-0.4, -0.2) is 54.5 Å². The summed E-state index contributed by atoms with van der Waals surface area (Å²) < 4.78 is 91.8. The molecule has 37 heavy (non-hydrogen) atoms. The summed E-state index contributed by atoms with van der Waals surface area (Å²) in [6.07, 6.45) is -9.31. The van der Waals surface area contributed by atoms with Gasteiger partial charge in [-0.15, -0.1) is 0 Å². The van der Waals surface area contributed by atoms with Gasteiger partial charge in [0, 0.05) is 25.2 Å². The summed E-state index contributed by atoms with van der Waals surface area (Å²) >= 11 is 0. The summed E-state index contributed by atoms with van der Waals surface area (Å²) in [7, 11) is 0. The zero-order chi connectivity index (χ0) is 26.8. The van der Waals surface area contributed by atoms with Gasteiger partial charge in [-0.05, 0) is 35.7 Å². The summed E-state index contributed by atoms with van der Waals surface area (Å²) in [6.45, 7) is 0.558. The summed E-state index contributed by atoms with van der Waals surface area (Å²) in [5.41, 5.74) is -0.349. The van der Waals surface area contributed by atoms with E-state index >= 15 is 0 Å². The highest BCUT2D eigenvalue weighted by molar-refractivity contribution is 6.01. The first-order chi connectivity index (χ1) is 17.5. The minimum absolute atomic E-state index is 0.0714. The quantitative estimate of drug-likeness (QED) is 0.374. The van der Waals surface area contributed by atoms with Crippen LogP contribution in [0, 0.1) is 6.92 Å². The maximum Gasteiger partial charge on any atom is 0.431 e. The van der Waals surface area contributed by atoms with Crippen molar-refractivity contribution in [3.63, 3.8) is 0 Å². The summed E-state index contributed by atoms with van der Waals surface area (Å²) in [4.78, 5) is 15.2. The fourth-order valence-electron chi connectivity index (χ4n) is 4.41. The highest BCUT2D eigenvalue weighted by atomic mass is 19.4. The molecular weight excluding hydrogens is 502 g/mol. The molecule has 198 valence electrons. The number of carbonyl (C=O) groups excluding carboxylic acids is 1. The Morgan fingerprint density at radius 2 is 1.57 bits per heavy atom. The van der Waals surface area contributed by atoms with Crippen molar-refractivity contribution < 1.29 is 40.6 Å². The number of hydrogen-bond acceptors (Lipinski definition) is 3. The van der Waals surface area contributed by atoms with Crippen molar-refractivity contribution in [3.8, 4) is 16.9 Å². The maximum atomic E-state index is 14.4. The fraction of sp³-hybridized carbons (Fsp3) is 0.346. The average molecular weight is 526 g/mol. The van der Waals surface area contributed by atoms with Crippen LogP contribution in [0.15, 0.2) is 54.6 Å². The molecule has 1 amide bonds. The second-order valence-electron chi connectivity index (χ2n) is 8.60. The van der Waals surface area contributed by atoms with Crippen molar-refractivity contribution in [1.82, 2.24) is 9.47 Å². The molecule has 2 heterocycles. The number of ether oxygens (including phenoxy) is 2. The van der Waals surface area contributed by atoms with Crippen LogP contribution in [0.5, 0.6) is 5.75 Å². The second-order valence-corrected chi connectivity index (χ2v) is 8.60. The van der Waals surface area contributed by atoms with E-state index < -0.39 is 30.6 Å². The van der Waals surface area contributed by atoms with Crippen LogP contribution in [0.3, 0.4) is 0 Å². The van der Waals surface area contributed by atoms with Crippen molar-refractivity contribution in [3.05, 3.63) is 77.1 Å². The molecule has 11 heteroatoms. The first-order valence-electron chi connectivity index (χ1n) is 11.5. The molecule has 1 saturated heterocycles. The Morgan fingerprint density at radius 3 is 2.14 bits per heavy atom. The molecule has 0 bridgehead atoms. The van der Waals surface area contributed by atoms with Gasteiger partial charge in [-0.3, -0.25) is 4.79 Å². The number of aromatic nitrogens is 1. The van der Waals surface area contributed by atoms with Gasteiger partial charge in [0.1, 0.15) is 17.1 Å².